The van der Waals surface area contributed by atoms with Crippen molar-refractivity contribution < 1.29 is 4.79 Å². The second kappa shape index (κ2) is 5.36. The van der Waals surface area contributed by atoms with E-state index in [1.807, 2.05) is 6.07 Å². The van der Waals surface area contributed by atoms with Crippen LogP contribution in [0.25, 0.3) is 0 Å². The first kappa shape index (κ1) is 12.7. The van der Waals surface area contributed by atoms with Gasteiger partial charge in [0.05, 0.1) is 11.8 Å². The zero-order valence-electron chi connectivity index (χ0n) is 11.5. The summed E-state index contributed by atoms with van der Waals surface area (Å²) in [6.45, 7) is 1.62. The Morgan fingerprint density at radius 2 is 2.35 bits per heavy atom. The van der Waals surface area contributed by atoms with Crippen LogP contribution in [0.2, 0.25) is 0 Å². The Bertz CT molecular complexity index is 620. The van der Waals surface area contributed by atoms with E-state index in [9.17, 15) is 4.79 Å². The largest absolute Gasteiger partial charge is 0.384 e. The molecule has 1 aliphatic rings. The molecule has 1 aromatic heterocycles. The van der Waals surface area contributed by atoms with Crippen molar-refractivity contribution in [2.45, 2.75) is 12.3 Å². The summed E-state index contributed by atoms with van der Waals surface area (Å²) in [5.41, 5.74) is 3.18. The first-order chi connectivity index (χ1) is 9.74. The van der Waals surface area contributed by atoms with E-state index in [4.69, 9.17) is 0 Å². The third kappa shape index (κ3) is 2.52. The van der Waals surface area contributed by atoms with E-state index in [1.54, 1.807) is 24.1 Å². The van der Waals surface area contributed by atoms with Crippen LogP contribution in [0.1, 0.15) is 28.3 Å². The van der Waals surface area contributed by atoms with Gasteiger partial charge in [0.25, 0.3) is 5.91 Å². The zero-order valence-corrected chi connectivity index (χ0v) is 11.5. The molecule has 3 rings (SSSR count). The fourth-order valence-corrected chi connectivity index (χ4v) is 2.62. The molecule has 0 saturated carbocycles. The van der Waals surface area contributed by atoms with E-state index >= 15 is 0 Å². The fourth-order valence-electron chi connectivity index (χ4n) is 2.62. The van der Waals surface area contributed by atoms with Crippen LogP contribution in [0.5, 0.6) is 0 Å². The van der Waals surface area contributed by atoms with Gasteiger partial charge in [0, 0.05) is 37.9 Å². The van der Waals surface area contributed by atoms with Crippen molar-refractivity contribution in [3.05, 3.63) is 47.8 Å². The third-order valence-corrected chi connectivity index (χ3v) is 3.68. The minimum Gasteiger partial charge on any atom is -0.384 e. The van der Waals surface area contributed by atoms with Crippen molar-refractivity contribution in [2.24, 2.45) is 7.05 Å². The molecule has 2 aromatic rings. The van der Waals surface area contributed by atoms with Crippen LogP contribution in [0.15, 0.2) is 36.7 Å². The maximum absolute atomic E-state index is 11.9. The molecular formula is C15H18N4O. The molecule has 1 aromatic carbocycles. The number of anilines is 1. The van der Waals surface area contributed by atoms with Gasteiger partial charge in [-0.3, -0.25) is 9.48 Å². The Morgan fingerprint density at radius 3 is 3.15 bits per heavy atom. The smallest absolute Gasteiger partial charge is 0.254 e. The van der Waals surface area contributed by atoms with Crippen molar-refractivity contribution in [3.8, 4) is 0 Å². The van der Waals surface area contributed by atoms with E-state index in [-0.39, 0.29) is 5.91 Å². The second-order valence-electron chi connectivity index (χ2n) is 5.11. The summed E-state index contributed by atoms with van der Waals surface area (Å²) in [4.78, 5) is 11.9. The van der Waals surface area contributed by atoms with Gasteiger partial charge >= 0.3 is 0 Å². The Hall–Kier alpha value is -2.30. The predicted octanol–water partition coefficient (Wildman–Crippen LogP) is 1.75. The summed E-state index contributed by atoms with van der Waals surface area (Å²) >= 11 is 0. The van der Waals surface area contributed by atoms with Gasteiger partial charge < -0.3 is 10.6 Å². The first-order valence-corrected chi connectivity index (χ1v) is 6.83. The van der Waals surface area contributed by atoms with Crippen LogP contribution in [-0.4, -0.2) is 28.8 Å². The summed E-state index contributed by atoms with van der Waals surface area (Å²) in [5.74, 6) is 0.415. The van der Waals surface area contributed by atoms with Gasteiger partial charge in [-0.1, -0.05) is 18.2 Å². The molecule has 0 spiro atoms. The number of amides is 1. The molecule has 1 unspecified atom stereocenters. The third-order valence-electron chi connectivity index (χ3n) is 3.68. The SMILES string of the molecule is Cn1cc(C(=O)NCCC2CNc3ccccc32)cn1. The van der Waals surface area contributed by atoms with Crippen LogP contribution >= 0.6 is 0 Å². The lowest BCUT2D eigenvalue weighted by Crippen LogP contribution is -2.25. The minimum atomic E-state index is -0.0580. The number of benzene rings is 1. The number of rotatable bonds is 4. The molecule has 1 atom stereocenters. The van der Waals surface area contributed by atoms with Crippen molar-refractivity contribution >= 4 is 11.6 Å². The van der Waals surface area contributed by atoms with Gasteiger partial charge in [0.1, 0.15) is 0 Å². The number of hydrogen-bond donors (Lipinski definition) is 2. The highest BCUT2D eigenvalue weighted by molar-refractivity contribution is 5.93. The minimum absolute atomic E-state index is 0.0580. The van der Waals surface area contributed by atoms with Crippen molar-refractivity contribution in [1.82, 2.24) is 15.1 Å². The van der Waals surface area contributed by atoms with Gasteiger partial charge in [-0.25, -0.2) is 0 Å². The van der Waals surface area contributed by atoms with E-state index < -0.39 is 0 Å². The standard InChI is InChI=1S/C15H18N4O/c1-19-10-12(9-18-19)15(20)16-7-6-11-8-17-14-5-3-2-4-13(11)14/h2-5,9-11,17H,6-8H2,1H3,(H,16,20). The number of fused-ring (bicyclic) bond motifs is 1. The lowest BCUT2D eigenvalue weighted by Gasteiger charge is -2.10. The quantitative estimate of drug-likeness (QED) is 0.890. The Morgan fingerprint density at radius 1 is 1.50 bits per heavy atom. The van der Waals surface area contributed by atoms with Crippen molar-refractivity contribution in [2.75, 3.05) is 18.4 Å². The number of aromatic nitrogens is 2. The summed E-state index contributed by atoms with van der Waals surface area (Å²) < 4.78 is 1.63. The van der Waals surface area contributed by atoms with Crippen LogP contribution in [0.3, 0.4) is 0 Å². The highest BCUT2D eigenvalue weighted by Gasteiger charge is 2.21. The van der Waals surface area contributed by atoms with Gasteiger partial charge in [-0.05, 0) is 18.1 Å². The molecule has 0 radical (unpaired) electrons. The molecule has 0 fully saturated rings. The maximum atomic E-state index is 11.9. The molecule has 0 saturated heterocycles. The van der Waals surface area contributed by atoms with Crippen LogP contribution in [0.4, 0.5) is 5.69 Å². The molecule has 0 bridgehead atoms. The molecule has 0 aliphatic carbocycles. The second-order valence-corrected chi connectivity index (χ2v) is 5.11. The van der Waals surface area contributed by atoms with Crippen molar-refractivity contribution in [3.63, 3.8) is 0 Å². The molecule has 1 amide bonds. The molecule has 5 nitrogen and oxygen atoms in total. The molecule has 2 heterocycles. The number of carbonyl (C=O) groups excluding carboxylic acids is 1. The summed E-state index contributed by atoms with van der Waals surface area (Å²) in [7, 11) is 1.80. The van der Waals surface area contributed by atoms with Crippen LogP contribution in [0, 0.1) is 0 Å². The summed E-state index contributed by atoms with van der Waals surface area (Å²) in [6, 6.07) is 8.36. The monoisotopic (exact) mass is 270 g/mol. The number of hydrogen-bond acceptors (Lipinski definition) is 3. The molecule has 2 N–H and O–H groups in total. The molecular weight excluding hydrogens is 252 g/mol. The number of aryl methyl sites for hydroxylation is 1. The number of carbonyl (C=O) groups is 1. The van der Waals surface area contributed by atoms with E-state index in [0.29, 0.717) is 18.0 Å². The van der Waals surface area contributed by atoms with Gasteiger partial charge in [-0.15, -0.1) is 0 Å². The Balaban J connectivity index is 1.53. The topological polar surface area (TPSA) is 59.0 Å². The van der Waals surface area contributed by atoms with Gasteiger partial charge in [-0.2, -0.15) is 5.10 Å². The summed E-state index contributed by atoms with van der Waals surface area (Å²) in [5, 5.41) is 10.3. The first-order valence-electron chi connectivity index (χ1n) is 6.83. The molecule has 20 heavy (non-hydrogen) atoms. The Kier molecular flexibility index (Phi) is 3.41. The number of nitrogens with one attached hydrogen (secondary N) is 2. The van der Waals surface area contributed by atoms with E-state index in [0.717, 1.165) is 13.0 Å². The molecule has 5 heteroatoms. The number of para-hydroxylation sites is 1. The van der Waals surface area contributed by atoms with Gasteiger partial charge in [0.15, 0.2) is 0 Å². The lowest BCUT2D eigenvalue weighted by atomic mass is 9.98. The number of nitrogens with zero attached hydrogens (tertiary/aromatic N) is 2. The average molecular weight is 270 g/mol. The zero-order chi connectivity index (χ0) is 13.9. The molecule has 1 aliphatic heterocycles. The average Bonchev–Trinajstić information content (AvgIpc) is 3.06. The Labute approximate surface area is 118 Å². The maximum Gasteiger partial charge on any atom is 0.254 e. The van der Waals surface area contributed by atoms with Crippen LogP contribution < -0.4 is 10.6 Å². The van der Waals surface area contributed by atoms with Crippen LogP contribution in [-0.2, 0) is 7.05 Å². The fraction of sp³-hybridized carbons (Fsp3) is 0.333. The van der Waals surface area contributed by atoms with Gasteiger partial charge in [0.2, 0.25) is 0 Å². The van der Waals surface area contributed by atoms with E-state index in [1.165, 1.54) is 11.3 Å². The highest BCUT2D eigenvalue weighted by Crippen LogP contribution is 2.32. The van der Waals surface area contributed by atoms with E-state index in [2.05, 4.69) is 33.9 Å². The highest BCUT2D eigenvalue weighted by atomic mass is 16.1. The normalized spacial score (nSPS) is 16.6. The predicted molar refractivity (Wildman–Crippen MR) is 77.8 cm³/mol. The summed E-state index contributed by atoms with van der Waals surface area (Å²) in [6.07, 6.45) is 4.25. The lowest BCUT2D eigenvalue weighted by molar-refractivity contribution is 0.0952. The van der Waals surface area contributed by atoms with Crippen molar-refractivity contribution in [1.29, 1.82) is 0 Å². The molecule has 104 valence electrons.